The maximum Gasteiger partial charge on any atom is 0.0163 e. The number of aryl methyl sites for hydroxylation is 1. The number of hydrogen-bond acceptors (Lipinski definition) is 2. The van der Waals surface area contributed by atoms with Crippen LogP contribution in [0.4, 0.5) is 0 Å². The van der Waals surface area contributed by atoms with Crippen LogP contribution in [0.1, 0.15) is 50.2 Å². The van der Waals surface area contributed by atoms with Crippen LogP contribution in [0.15, 0.2) is 24.3 Å². The molecule has 0 saturated carbocycles. The van der Waals surface area contributed by atoms with Crippen LogP contribution in [0.5, 0.6) is 0 Å². The second-order valence-electron chi connectivity index (χ2n) is 5.44. The molecule has 19 heavy (non-hydrogen) atoms. The molecule has 1 aromatic carbocycles. The van der Waals surface area contributed by atoms with Gasteiger partial charge in [-0.2, -0.15) is 11.8 Å². The molecule has 1 aromatic rings. The molecule has 2 unspecified atom stereocenters. The number of hydrogen-bond donors (Lipinski definition) is 1. The van der Waals surface area contributed by atoms with Gasteiger partial charge in [-0.3, -0.25) is 0 Å². The molecule has 0 heterocycles. The molecule has 1 aliphatic carbocycles. The number of thioether (sulfide) groups is 1. The first-order valence-electron chi connectivity index (χ1n) is 7.74. The standard InChI is InChI=1S/C17H27NS/c1-3-18-16(13-19-4-2)12-15-10-7-9-14-8-5-6-11-17(14)15/h5-6,8,11,15-16,18H,3-4,7,9-10,12-13H2,1-2H3. The van der Waals surface area contributed by atoms with Gasteiger partial charge in [-0.15, -0.1) is 0 Å². The van der Waals surface area contributed by atoms with Gasteiger partial charge in [-0.1, -0.05) is 38.1 Å². The van der Waals surface area contributed by atoms with E-state index in [1.807, 2.05) is 0 Å². The summed E-state index contributed by atoms with van der Waals surface area (Å²) in [6.45, 7) is 5.56. The predicted octanol–water partition coefficient (Wildman–Crippen LogP) is 4.23. The molecule has 0 fully saturated rings. The van der Waals surface area contributed by atoms with Crippen molar-refractivity contribution < 1.29 is 0 Å². The van der Waals surface area contributed by atoms with Crippen molar-refractivity contribution in [1.29, 1.82) is 0 Å². The minimum absolute atomic E-state index is 0.672. The first kappa shape index (κ1) is 14.9. The van der Waals surface area contributed by atoms with Crippen molar-refractivity contribution in [2.45, 2.75) is 51.5 Å². The lowest BCUT2D eigenvalue weighted by Crippen LogP contribution is -2.33. The molecule has 0 spiro atoms. The van der Waals surface area contributed by atoms with Crippen molar-refractivity contribution in [3.05, 3.63) is 35.4 Å². The van der Waals surface area contributed by atoms with E-state index < -0.39 is 0 Å². The second-order valence-corrected chi connectivity index (χ2v) is 6.76. The molecule has 2 heteroatoms. The van der Waals surface area contributed by atoms with Gasteiger partial charge >= 0.3 is 0 Å². The molecule has 2 rings (SSSR count). The highest BCUT2D eigenvalue weighted by Gasteiger charge is 2.22. The van der Waals surface area contributed by atoms with Crippen LogP contribution in [0.25, 0.3) is 0 Å². The van der Waals surface area contributed by atoms with E-state index in [-0.39, 0.29) is 0 Å². The maximum absolute atomic E-state index is 3.67. The number of nitrogens with one attached hydrogen (secondary N) is 1. The fourth-order valence-electron chi connectivity index (χ4n) is 3.20. The summed E-state index contributed by atoms with van der Waals surface area (Å²) in [4.78, 5) is 0. The van der Waals surface area contributed by atoms with Crippen LogP contribution < -0.4 is 5.32 Å². The Morgan fingerprint density at radius 2 is 2.16 bits per heavy atom. The predicted molar refractivity (Wildman–Crippen MR) is 87.2 cm³/mol. The summed E-state index contributed by atoms with van der Waals surface area (Å²) < 4.78 is 0. The molecule has 106 valence electrons. The summed E-state index contributed by atoms with van der Waals surface area (Å²) in [7, 11) is 0. The van der Waals surface area contributed by atoms with Gasteiger partial charge < -0.3 is 5.32 Å². The van der Waals surface area contributed by atoms with Crippen molar-refractivity contribution in [2.75, 3.05) is 18.1 Å². The van der Waals surface area contributed by atoms with Crippen LogP contribution in [0.3, 0.4) is 0 Å². The average Bonchev–Trinajstić information content (AvgIpc) is 2.45. The highest BCUT2D eigenvalue weighted by atomic mass is 32.2. The van der Waals surface area contributed by atoms with Crippen molar-refractivity contribution in [2.24, 2.45) is 0 Å². The Balaban J connectivity index is 2.01. The molecular formula is C17H27NS. The topological polar surface area (TPSA) is 12.0 Å². The lowest BCUT2D eigenvalue weighted by Gasteiger charge is -2.29. The lowest BCUT2D eigenvalue weighted by molar-refractivity contribution is 0.440. The van der Waals surface area contributed by atoms with Gasteiger partial charge in [0.1, 0.15) is 0 Å². The van der Waals surface area contributed by atoms with E-state index in [0.29, 0.717) is 6.04 Å². The van der Waals surface area contributed by atoms with Gasteiger partial charge in [0.05, 0.1) is 0 Å². The SMILES string of the molecule is CCNC(CSCC)CC1CCCc2ccccc21. The molecule has 0 radical (unpaired) electrons. The normalized spacial score (nSPS) is 20.0. The van der Waals surface area contributed by atoms with E-state index >= 15 is 0 Å². The fourth-order valence-corrected chi connectivity index (χ4v) is 3.98. The Hall–Kier alpha value is -0.470. The number of rotatable bonds is 7. The summed E-state index contributed by atoms with van der Waals surface area (Å²) in [5.74, 6) is 3.25. The van der Waals surface area contributed by atoms with Crippen molar-refractivity contribution in [3.63, 3.8) is 0 Å². The van der Waals surface area contributed by atoms with Gasteiger partial charge in [0.2, 0.25) is 0 Å². The van der Waals surface area contributed by atoms with Gasteiger partial charge in [0.15, 0.2) is 0 Å². The molecule has 0 amide bonds. The van der Waals surface area contributed by atoms with Crippen molar-refractivity contribution in [1.82, 2.24) is 5.32 Å². The molecule has 1 N–H and O–H groups in total. The fraction of sp³-hybridized carbons (Fsp3) is 0.647. The number of benzene rings is 1. The summed E-state index contributed by atoms with van der Waals surface area (Å²) >= 11 is 2.06. The first-order chi connectivity index (χ1) is 9.35. The molecule has 2 atom stereocenters. The molecule has 0 saturated heterocycles. The molecule has 0 aromatic heterocycles. The molecule has 0 aliphatic heterocycles. The van der Waals surface area contributed by atoms with Crippen LogP contribution in [0, 0.1) is 0 Å². The third-order valence-electron chi connectivity index (χ3n) is 4.08. The van der Waals surface area contributed by atoms with E-state index in [1.165, 1.54) is 37.2 Å². The number of fused-ring (bicyclic) bond motifs is 1. The Morgan fingerprint density at radius 1 is 1.32 bits per heavy atom. The smallest absolute Gasteiger partial charge is 0.0163 e. The zero-order chi connectivity index (χ0) is 13.5. The van der Waals surface area contributed by atoms with E-state index in [1.54, 1.807) is 11.1 Å². The average molecular weight is 277 g/mol. The van der Waals surface area contributed by atoms with Crippen LogP contribution >= 0.6 is 11.8 Å². The van der Waals surface area contributed by atoms with Gasteiger partial charge in [-0.25, -0.2) is 0 Å². The van der Waals surface area contributed by atoms with Gasteiger partial charge in [-0.05, 0) is 55.0 Å². The largest absolute Gasteiger partial charge is 0.313 e. The Morgan fingerprint density at radius 3 is 2.95 bits per heavy atom. The Kier molecular flexibility index (Phi) is 6.25. The zero-order valence-corrected chi connectivity index (χ0v) is 13.1. The minimum atomic E-state index is 0.672. The Bertz CT molecular complexity index is 377. The summed E-state index contributed by atoms with van der Waals surface area (Å²) in [6.07, 6.45) is 5.32. The zero-order valence-electron chi connectivity index (χ0n) is 12.3. The maximum atomic E-state index is 3.67. The summed E-state index contributed by atoms with van der Waals surface area (Å²) in [6, 6.07) is 9.75. The van der Waals surface area contributed by atoms with Crippen molar-refractivity contribution >= 4 is 11.8 Å². The second kappa shape index (κ2) is 7.96. The highest BCUT2D eigenvalue weighted by molar-refractivity contribution is 7.99. The minimum Gasteiger partial charge on any atom is -0.313 e. The lowest BCUT2D eigenvalue weighted by atomic mass is 9.80. The molecular weight excluding hydrogens is 250 g/mol. The summed E-state index contributed by atoms with van der Waals surface area (Å²) in [5.41, 5.74) is 3.22. The van der Waals surface area contributed by atoms with Crippen molar-refractivity contribution in [3.8, 4) is 0 Å². The molecule has 1 nitrogen and oxygen atoms in total. The first-order valence-corrected chi connectivity index (χ1v) is 8.89. The van der Waals surface area contributed by atoms with Crippen LogP contribution in [-0.4, -0.2) is 24.1 Å². The van der Waals surface area contributed by atoms with E-state index in [4.69, 9.17) is 0 Å². The highest BCUT2D eigenvalue weighted by Crippen LogP contribution is 2.34. The monoisotopic (exact) mass is 277 g/mol. The van der Waals surface area contributed by atoms with Crippen LogP contribution in [-0.2, 0) is 6.42 Å². The van der Waals surface area contributed by atoms with Gasteiger partial charge in [0.25, 0.3) is 0 Å². The Labute approximate surface area is 122 Å². The third kappa shape index (κ3) is 4.25. The van der Waals surface area contributed by atoms with E-state index in [2.05, 4.69) is 55.2 Å². The van der Waals surface area contributed by atoms with E-state index in [9.17, 15) is 0 Å². The van der Waals surface area contributed by atoms with Crippen LogP contribution in [0.2, 0.25) is 0 Å². The summed E-state index contributed by atoms with van der Waals surface area (Å²) in [5, 5.41) is 3.67. The third-order valence-corrected chi connectivity index (χ3v) is 5.12. The van der Waals surface area contributed by atoms with E-state index in [0.717, 1.165) is 12.5 Å². The molecule has 0 bridgehead atoms. The molecule has 1 aliphatic rings. The van der Waals surface area contributed by atoms with Gasteiger partial charge in [0, 0.05) is 11.8 Å². The quantitative estimate of drug-likeness (QED) is 0.800.